The predicted molar refractivity (Wildman–Crippen MR) is 55.4 cm³/mol. The smallest absolute Gasteiger partial charge is 0.131 e. The third-order valence-electron chi connectivity index (χ3n) is 1.84. The molecule has 0 saturated carbocycles. The average Bonchev–Trinajstić information content (AvgIpc) is 2.32. The van der Waals surface area contributed by atoms with Crippen molar-refractivity contribution in [2.75, 3.05) is 12.4 Å². The molecule has 0 atom stereocenters. The van der Waals surface area contributed by atoms with Crippen LogP contribution >= 0.6 is 23.2 Å². The van der Waals surface area contributed by atoms with Crippen molar-refractivity contribution in [3.05, 3.63) is 16.4 Å². The summed E-state index contributed by atoms with van der Waals surface area (Å²) in [5, 5.41) is 8.07. The van der Waals surface area contributed by atoms with Crippen LogP contribution in [0.4, 0.5) is 0 Å². The van der Waals surface area contributed by atoms with E-state index in [1.165, 1.54) is 0 Å². The third kappa shape index (κ3) is 2.59. The van der Waals surface area contributed by atoms with Crippen molar-refractivity contribution < 1.29 is 0 Å². The Morgan fingerprint density at radius 3 is 2.69 bits per heavy atom. The highest BCUT2D eigenvalue weighted by Gasteiger charge is 2.09. The molecule has 1 rings (SSSR count). The van der Waals surface area contributed by atoms with Gasteiger partial charge in [0.2, 0.25) is 0 Å². The number of rotatable bonds is 4. The van der Waals surface area contributed by atoms with E-state index in [1.807, 2.05) is 14.0 Å². The first-order valence-corrected chi connectivity index (χ1v) is 5.02. The number of nitrogens with zero attached hydrogens (tertiary/aromatic N) is 2. The summed E-state index contributed by atoms with van der Waals surface area (Å²) in [5.74, 6) is 0.608. The second kappa shape index (κ2) is 4.84. The average molecular weight is 222 g/mol. The summed E-state index contributed by atoms with van der Waals surface area (Å²) in [7, 11) is 1.83. The predicted octanol–water partition coefficient (Wildman–Crippen LogP) is 1.71. The fraction of sp³-hybridized carbons (Fsp3) is 0.625. The van der Waals surface area contributed by atoms with E-state index in [0.717, 1.165) is 24.3 Å². The van der Waals surface area contributed by atoms with Crippen molar-refractivity contribution in [3.8, 4) is 0 Å². The number of nitrogens with one attached hydrogen (secondary N) is 1. The van der Waals surface area contributed by atoms with Gasteiger partial charge in [-0.05, 0) is 6.92 Å². The summed E-state index contributed by atoms with van der Waals surface area (Å²) >= 11 is 11.6. The number of hydrogen-bond donors (Lipinski definition) is 1. The molecule has 1 aromatic heterocycles. The minimum Gasteiger partial charge on any atom is -0.311 e. The number of halogens is 2. The van der Waals surface area contributed by atoms with Gasteiger partial charge in [-0.1, -0.05) is 11.6 Å². The van der Waals surface area contributed by atoms with E-state index in [-0.39, 0.29) is 0 Å². The molecule has 0 fully saturated rings. The maximum atomic E-state index is 6.02. The minimum absolute atomic E-state index is 0.608. The van der Waals surface area contributed by atoms with Gasteiger partial charge >= 0.3 is 0 Å². The second-order valence-electron chi connectivity index (χ2n) is 2.84. The summed E-state index contributed by atoms with van der Waals surface area (Å²) in [5.41, 5.74) is 2.02. The fourth-order valence-corrected chi connectivity index (χ4v) is 1.53. The van der Waals surface area contributed by atoms with E-state index in [2.05, 4.69) is 10.4 Å². The van der Waals surface area contributed by atoms with Crippen LogP contribution in [0.2, 0.25) is 5.15 Å². The standard InChI is InChI=1S/C8H13Cl2N3/c1-6-7(5-11-4-3-9)8(10)13(2)12-6/h11H,3-5H2,1-2H3. The molecule has 1 N–H and O–H groups in total. The van der Waals surface area contributed by atoms with Gasteiger partial charge in [0.15, 0.2) is 0 Å². The molecule has 74 valence electrons. The molecule has 0 saturated heterocycles. The molecule has 0 unspecified atom stereocenters. The molecule has 0 bridgehead atoms. The quantitative estimate of drug-likeness (QED) is 0.620. The van der Waals surface area contributed by atoms with Crippen LogP contribution in [0.5, 0.6) is 0 Å². The Hall–Kier alpha value is -0.250. The van der Waals surface area contributed by atoms with Gasteiger partial charge in [-0.2, -0.15) is 5.10 Å². The maximum absolute atomic E-state index is 6.02. The molecule has 0 aliphatic carbocycles. The molecular weight excluding hydrogens is 209 g/mol. The van der Waals surface area contributed by atoms with E-state index in [9.17, 15) is 0 Å². The van der Waals surface area contributed by atoms with Crippen molar-refractivity contribution >= 4 is 23.2 Å². The zero-order valence-electron chi connectivity index (χ0n) is 7.77. The molecule has 0 aliphatic heterocycles. The summed E-state index contributed by atoms with van der Waals surface area (Å²) in [6.07, 6.45) is 0. The Bertz CT molecular complexity index is 283. The third-order valence-corrected chi connectivity index (χ3v) is 2.50. The van der Waals surface area contributed by atoms with Gasteiger partial charge in [0.25, 0.3) is 0 Å². The molecule has 0 amide bonds. The van der Waals surface area contributed by atoms with Crippen molar-refractivity contribution in [2.24, 2.45) is 7.05 Å². The molecule has 13 heavy (non-hydrogen) atoms. The Morgan fingerprint density at radius 1 is 1.54 bits per heavy atom. The van der Waals surface area contributed by atoms with Crippen LogP contribution in [-0.2, 0) is 13.6 Å². The monoisotopic (exact) mass is 221 g/mol. The van der Waals surface area contributed by atoms with Crippen molar-refractivity contribution in [3.63, 3.8) is 0 Å². The van der Waals surface area contributed by atoms with Gasteiger partial charge in [0.1, 0.15) is 5.15 Å². The van der Waals surface area contributed by atoms with Crippen LogP contribution in [0.3, 0.4) is 0 Å². The lowest BCUT2D eigenvalue weighted by Gasteiger charge is -2.01. The highest BCUT2D eigenvalue weighted by atomic mass is 35.5. The maximum Gasteiger partial charge on any atom is 0.131 e. The van der Waals surface area contributed by atoms with Gasteiger partial charge in [-0.3, -0.25) is 4.68 Å². The van der Waals surface area contributed by atoms with Crippen molar-refractivity contribution in [1.29, 1.82) is 0 Å². The van der Waals surface area contributed by atoms with E-state index >= 15 is 0 Å². The first-order valence-electron chi connectivity index (χ1n) is 4.11. The van der Waals surface area contributed by atoms with Crippen LogP contribution in [-0.4, -0.2) is 22.2 Å². The zero-order chi connectivity index (χ0) is 9.84. The molecule has 1 heterocycles. The molecule has 5 heteroatoms. The van der Waals surface area contributed by atoms with Gasteiger partial charge in [-0.15, -0.1) is 11.6 Å². The lowest BCUT2D eigenvalue weighted by atomic mass is 10.2. The zero-order valence-corrected chi connectivity index (χ0v) is 9.28. The Labute approximate surface area is 88.0 Å². The van der Waals surface area contributed by atoms with E-state index < -0.39 is 0 Å². The van der Waals surface area contributed by atoms with Crippen LogP contribution in [0, 0.1) is 6.92 Å². The first kappa shape index (κ1) is 10.8. The Morgan fingerprint density at radius 2 is 2.23 bits per heavy atom. The highest BCUT2D eigenvalue weighted by molar-refractivity contribution is 6.30. The summed E-state index contributed by atoms with van der Waals surface area (Å²) < 4.78 is 1.68. The highest BCUT2D eigenvalue weighted by Crippen LogP contribution is 2.17. The molecule has 0 radical (unpaired) electrons. The van der Waals surface area contributed by atoms with E-state index in [0.29, 0.717) is 11.0 Å². The van der Waals surface area contributed by atoms with Crippen LogP contribution in [0.25, 0.3) is 0 Å². The Balaban J connectivity index is 2.64. The summed E-state index contributed by atoms with van der Waals surface area (Å²) in [4.78, 5) is 0. The number of aryl methyl sites for hydroxylation is 2. The molecule has 0 aliphatic rings. The lowest BCUT2D eigenvalue weighted by molar-refractivity contribution is 0.726. The first-order chi connectivity index (χ1) is 6.16. The Kier molecular flexibility index (Phi) is 4.03. The van der Waals surface area contributed by atoms with Crippen molar-refractivity contribution in [1.82, 2.24) is 15.1 Å². The topological polar surface area (TPSA) is 29.9 Å². The molecule has 1 aromatic rings. The van der Waals surface area contributed by atoms with E-state index in [4.69, 9.17) is 23.2 Å². The number of aromatic nitrogens is 2. The summed E-state index contributed by atoms with van der Waals surface area (Å²) in [6, 6.07) is 0. The summed E-state index contributed by atoms with van der Waals surface area (Å²) in [6.45, 7) is 3.46. The molecular formula is C8H13Cl2N3. The number of hydrogen-bond acceptors (Lipinski definition) is 2. The van der Waals surface area contributed by atoms with Gasteiger partial charge < -0.3 is 5.32 Å². The van der Waals surface area contributed by atoms with Crippen LogP contribution in [0.1, 0.15) is 11.3 Å². The SMILES string of the molecule is Cc1nn(C)c(Cl)c1CNCCCl. The molecule has 3 nitrogen and oxygen atoms in total. The van der Waals surface area contributed by atoms with Crippen LogP contribution < -0.4 is 5.32 Å². The fourth-order valence-electron chi connectivity index (χ4n) is 1.15. The van der Waals surface area contributed by atoms with Crippen LogP contribution in [0.15, 0.2) is 0 Å². The van der Waals surface area contributed by atoms with Gasteiger partial charge in [0, 0.05) is 31.6 Å². The van der Waals surface area contributed by atoms with Gasteiger partial charge in [0.05, 0.1) is 5.69 Å². The second-order valence-corrected chi connectivity index (χ2v) is 3.58. The largest absolute Gasteiger partial charge is 0.311 e. The lowest BCUT2D eigenvalue weighted by Crippen LogP contribution is -2.16. The molecule has 0 spiro atoms. The van der Waals surface area contributed by atoms with Gasteiger partial charge in [-0.25, -0.2) is 0 Å². The normalized spacial score (nSPS) is 10.8. The molecule has 0 aromatic carbocycles. The van der Waals surface area contributed by atoms with Crippen molar-refractivity contribution in [2.45, 2.75) is 13.5 Å². The number of alkyl halides is 1. The van der Waals surface area contributed by atoms with E-state index in [1.54, 1.807) is 4.68 Å². The minimum atomic E-state index is 0.608.